The smallest absolute Gasteiger partial charge is 0.237 e. The number of amides is 1. The summed E-state index contributed by atoms with van der Waals surface area (Å²) in [4.78, 5) is 21.5. The minimum Gasteiger partial charge on any atom is -0.279 e. The van der Waals surface area contributed by atoms with E-state index >= 15 is 0 Å². The van der Waals surface area contributed by atoms with Gasteiger partial charge in [-0.15, -0.1) is 0 Å². The average molecular weight is 346 g/mol. The molecule has 2 heterocycles. The van der Waals surface area contributed by atoms with Crippen LogP contribution < -0.4 is 4.90 Å². The van der Waals surface area contributed by atoms with E-state index < -0.39 is 14.3 Å². The predicted octanol–water partition coefficient (Wildman–Crippen LogP) is 1.96. The van der Waals surface area contributed by atoms with Crippen LogP contribution >= 0.6 is 22.3 Å². The van der Waals surface area contributed by atoms with Gasteiger partial charge in [-0.3, -0.25) is 9.69 Å². The second-order valence-corrected chi connectivity index (χ2v) is 7.96. The Balaban J connectivity index is 2.00. The van der Waals surface area contributed by atoms with Gasteiger partial charge in [0.1, 0.15) is 5.25 Å². The predicted molar refractivity (Wildman–Crippen MR) is 80.1 cm³/mol. The Labute approximate surface area is 130 Å². The summed E-state index contributed by atoms with van der Waals surface area (Å²) in [5.74, 6) is -0.219. The first-order valence-electron chi connectivity index (χ1n) is 6.01. The fourth-order valence-corrected chi connectivity index (χ4v) is 3.44. The van der Waals surface area contributed by atoms with Crippen molar-refractivity contribution in [3.8, 4) is 0 Å². The van der Waals surface area contributed by atoms with E-state index in [0.717, 1.165) is 0 Å². The largest absolute Gasteiger partial charge is 0.279 e. The number of halogens is 2. The maximum atomic E-state index is 11.9. The zero-order valence-corrected chi connectivity index (χ0v) is 12.9. The van der Waals surface area contributed by atoms with Crippen molar-refractivity contribution in [2.75, 3.05) is 11.4 Å². The molecule has 1 aliphatic rings. The van der Waals surface area contributed by atoms with Crippen molar-refractivity contribution in [2.24, 2.45) is 0 Å². The van der Waals surface area contributed by atoms with Crippen molar-refractivity contribution < 1.29 is 13.2 Å². The summed E-state index contributed by atoms with van der Waals surface area (Å²) in [6.45, 7) is -0.0449. The third kappa shape index (κ3) is 2.68. The summed E-state index contributed by atoms with van der Waals surface area (Å²) in [5, 5.41) is 0.231. The summed E-state index contributed by atoms with van der Waals surface area (Å²) < 4.78 is 22.7. The molecule has 110 valence electrons. The van der Waals surface area contributed by atoms with Crippen LogP contribution in [0.15, 0.2) is 24.4 Å². The number of anilines is 1. The van der Waals surface area contributed by atoms with E-state index in [2.05, 4.69) is 9.97 Å². The van der Waals surface area contributed by atoms with E-state index in [0.29, 0.717) is 15.9 Å². The highest BCUT2D eigenvalue weighted by Crippen LogP contribution is 2.27. The molecule has 3 rings (SSSR count). The molecular weight excluding hydrogens is 337 g/mol. The molecule has 0 spiro atoms. The van der Waals surface area contributed by atoms with Crippen molar-refractivity contribution in [1.29, 1.82) is 0 Å². The molecule has 1 saturated heterocycles. The average Bonchev–Trinajstić information content (AvgIpc) is 2.81. The third-order valence-electron chi connectivity index (χ3n) is 3.29. The first-order chi connectivity index (χ1) is 9.86. The number of carbonyl (C=O) groups is 1. The number of carbonyl (C=O) groups excluding carboxylic acids is 1. The highest BCUT2D eigenvalue weighted by atomic mass is 35.7. The molecular formula is C12H9Cl2N3O3S. The fraction of sp³-hybridized carbons (Fsp3) is 0.250. The SMILES string of the molecule is O=C1CC(S(=O)(=O)Cl)CN1c1ncc2c(Cl)cccc2n1. The van der Waals surface area contributed by atoms with Crippen LogP contribution in [-0.4, -0.2) is 36.1 Å². The van der Waals surface area contributed by atoms with E-state index in [1.807, 2.05) is 0 Å². The van der Waals surface area contributed by atoms with Gasteiger partial charge in [-0.2, -0.15) is 0 Å². The van der Waals surface area contributed by atoms with Crippen molar-refractivity contribution in [1.82, 2.24) is 9.97 Å². The van der Waals surface area contributed by atoms with Gasteiger partial charge < -0.3 is 0 Å². The van der Waals surface area contributed by atoms with Gasteiger partial charge in [0.2, 0.25) is 20.9 Å². The number of nitrogens with zero attached hydrogens (tertiary/aromatic N) is 3. The van der Waals surface area contributed by atoms with Crippen molar-refractivity contribution in [2.45, 2.75) is 11.7 Å². The molecule has 0 N–H and O–H groups in total. The van der Waals surface area contributed by atoms with Crippen LogP contribution in [0.2, 0.25) is 5.02 Å². The Bertz CT molecular complexity index is 841. The van der Waals surface area contributed by atoms with Gasteiger partial charge in [0.05, 0.1) is 10.5 Å². The molecule has 1 aliphatic heterocycles. The van der Waals surface area contributed by atoms with Gasteiger partial charge in [0, 0.05) is 35.2 Å². The molecule has 1 aromatic heterocycles. The monoisotopic (exact) mass is 345 g/mol. The van der Waals surface area contributed by atoms with Gasteiger partial charge >= 0.3 is 0 Å². The molecule has 1 amide bonds. The molecule has 0 radical (unpaired) electrons. The van der Waals surface area contributed by atoms with Crippen molar-refractivity contribution in [3.05, 3.63) is 29.4 Å². The van der Waals surface area contributed by atoms with Crippen LogP contribution in [0.5, 0.6) is 0 Å². The van der Waals surface area contributed by atoms with Gasteiger partial charge in [-0.1, -0.05) is 17.7 Å². The van der Waals surface area contributed by atoms with Crippen LogP contribution in [0.25, 0.3) is 10.9 Å². The van der Waals surface area contributed by atoms with Crippen molar-refractivity contribution in [3.63, 3.8) is 0 Å². The number of aromatic nitrogens is 2. The van der Waals surface area contributed by atoms with Crippen LogP contribution in [0.1, 0.15) is 6.42 Å². The molecule has 9 heteroatoms. The molecule has 1 aromatic carbocycles. The highest BCUT2D eigenvalue weighted by molar-refractivity contribution is 8.14. The molecule has 1 fully saturated rings. The van der Waals surface area contributed by atoms with Crippen LogP contribution in [0, 0.1) is 0 Å². The van der Waals surface area contributed by atoms with Crippen LogP contribution in [-0.2, 0) is 13.8 Å². The molecule has 1 atom stereocenters. The molecule has 0 saturated carbocycles. The van der Waals surface area contributed by atoms with E-state index in [1.54, 1.807) is 18.2 Å². The lowest BCUT2D eigenvalue weighted by Gasteiger charge is -2.14. The van der Waals surface area contributed by atoms with Gasteiger partial charge in [0.15, 0.2) is 0 Å². The molecule has 0 bridgehead atoms. The number of fused-ring (bicyclic) bond motifs is 1. The zero-order valence-electron chi connectivity index (χ0n) is 10.5. The first kappa shape index (κ1) is 14.5. The topological polar surface area (TPSA) is 80.2 Å². The molecule has 21 heavy (non-hydrogen) atoms. The van der Waals surface area contributed by atoms with E-state index in [-0.39, 0.29) is 24.8 Å². The summed E-state index contributed by atoms with van der Waals surface area (Å²) >= 11 is 6.02. The molecule has 1 unspecified atom stereocenters. The Morgan fingerprint density at radius 1 is 1.33 bits per heavy atom. The van der Waals surface area contributed by atoms with Crippen LogP contribution in [0.3, 0.4) is 0 Å². The van der Waals surface area contributed by atoms with E-state index in [1.165, 1.54) is 11.1 Å². The summed E-state index contributed by atoms with van der Waals surface area (Å²) in [6, 6.07) is 5.19. The normalized spacial score (nSPS) is 19.4. The quantitative estimate of drug-likeness (QED) is 0.777. The second-order valence-electron chi connectivity index (χ2n) is 4.65. The number of benzene rings is 1. The second kappa shape index (κ2) is 5.08. The Morgan fingerprint density at radius 2 is 2.10 bits per heavy atom. The number of rotatable bonds is 2. The fourth-order valence-electron chi connectivity index (χ4n) is 2.20. The molecule has 0 aliphatic carbocycles. The van der Waals surface area contributed by atoms with Gasteiger partial charge in [-0.25, -0.2) is 18.4 Å². The minimum absolute atomic E-state index is 0.0449. The maximum Gasteiger partial charge on any atom is 0.237 e. The lowest BCUT2D eigenvalue weighted by molar-refractivity contribution is -0.117. The first-order valence-corrected chi connectivity index (χ1v) is 8.76. The Morgan fingerprint density at radius 3 is 2.76 bits per heavy atom. The maximum absolute atomic E-state index is 11.9. The Hall–Kier alpha value is -1.44. The standard InChI is InChI=1S/C12H9Cl2N3O3S/c13-9-2-1-3-10-8(9)5-15-12(16-10)17-6-7(4-11(17)18)21(14,19)20/h1-3,5,7H,4,6H2. The Kier molecular flexibility index (Phi) is 3.51. The van der Waals surface area contributed by atoms with Crippen molar-refractivity contribution >= 4 is 54.1 Å². The molecule has 6 nitrogen and oxygen atoms in total. The summed E-state index contributed by atoms with van der Waals surface area (Å²) in [6.07, 6.45) is 1.35. The summed E-state index contributed by atoms with van der Waals surface area (Å²) in [5.41, 5.74) is 0.581. The summed E-state index contributed by atoms with van der Waals surface area (Å²) in [7, 11) is 1.52. The molecule has 2 aromatic rings. The lowest BCUT2D eigenvalue weighted by atomic mass is 10.2. The van der Waals surface area contributed by atoms with Crippen LogP contribution in [0.4, 0.5) is 5.95 Å². The minimum atomic E-state index is -3.79. The number of hydrogen-bond acceptors (Lipinski definition) is 5. The third-order valence-corrected chi connectivity index (χ3v) is 5.49. The highest BCUT2D eigenvalue weighted by Gasteiger charge is 2.39. The van der Waals surface area contributed by atoms with Gasteiger partial charge in [0.25, 0.3) is 0 Å². The zero-order chi connectivity index (χ0) is 15.2. The number of hydrogen-bond donors (Lipinski definition) is 0. The van der Waals surface area contributed by atoms with E-state index in [4.69, 9.17) is 22.3 Å². The lowest BCUT2D eigenvalue weighted by Crippen LogP contribution is -2.28. The van der Waals surface area contributed by atoms with E-state index in [9.17, 15) is 13.2 Å². The van der Waals surface area contributed by atoms with Gasteiger partial charge in [-0.05, 0) is 12.1 Å².